The number of carbonyl (C=O) groups excluding carboxylic acids is 1. The van der Waals surface area contributed by atoms with E-state index < -0.39 is 0 Å². The Morgan fingerprint density at radius 1 is 1.32 bits per heavy atom. The number of carbonyl (C=O) groups is 1. The van der Waals surface area contributed by atoms with Crippen LogP contribution in [0.3, 0.4) is 0 Å². The third-order valence-corrected chi connectivity index (χ3v) is 3.50. The molecular formula is C14H13BrN2O2. The number of nitrogens with one attached hydrogen (secondary N) is 1. The standard InChI is InChI=1S/C14H13BrN2O2/c1-8-3-4-11(12(18)5-8)14(19)17-10-6-9(2)13(15)16-7-10/h3-7,18H,1-2H3,(H,17,19). The lowest BCUT2D eigenvalue weighted by molar-refractivity contribution is 0.102. The Morgan fingerprint density at radius 2 is 2.05 bits per heavy atom. The first-order chi connectivity index (χ1) is 8.97. The van der Waals surface area contributed by atoms with Gasteiger partial charge >= 0.3 is 0 Å². The van der Waals surface area contributed by atoms with Crippen LogP contribution in [0.1, 0.15) is 21.5 Å². The number of anilines is 1. The SMILES string of the molecule is Cc1ccc(C(=O)Nc2cnc(Br)c(C)c2)c(O)c1. The van der Waals surface area contributed by atoms with E-state index >= 15 is 0 Å². The molecule has 0 spiro atoms. The van der Waals surface area contributed by atoms with Gasteiger partial charge in [0.1, 0.15) is 10.4 Å². The Kier molecular flexibility index (Phi) is 3.85. The molecule has 2 N–H and O–H groups in total. The number of hydrogen-bond acceptors (Lipinski definition) is 3. The number of aromatic nitrogens is 1. The number of benzene rings is 1. The van der Waals surface area contributed by atoms with Crippen molar-refractivity contribution in [1.29, 1.82) is 0 Å². The van der Waals surface area contributed by atoms with Crippen LogP contribution in [0, 0.1) is 13.8 Å². The molecule has 1 aromatic carbocycles. The van der Waals surface area contributed by atoms with Crippen LogP contribution in [0.4, 0.5) is 5.69 Å². The van der Waals surface area contributed by atoms with Crippen LogP contribution < -0.4 is 5.32 Å². The predicted octanol–water partition coefficient (Wildman–Crippen LogP) is 3.42. The van der Waals surface area contributed by atoms with Crippen LogP contribution in [0.25, 0.3) is 0 Å². The Balaban J connectivity index is 2.23. The molecule has 0 unspecified atom stereocenters. The summed E-state index contributed by atoms with van der Waals surface area (Å²) in [4.78, 5) is 16.1. The highest BCUT2D eigenvalue weighted by Crippen LogP contribution is 2.21. The second-order valence-corrected chi connectivity index (χ2v) is 5.06. The Bertz CT molecular complexity index is 641. The van der Waals surface area contributed by atoms with Crippen molar-refractivity contribution in [1.82, 2.24) is 4.98 Å². The molecule has 98 valence electrons. The summed E-state index contributed by atoms with van der Waals surface area (Å²) in [6, 6.07) is 6.74. The van der Waals surface area contributed by atoms with E-state index in [2.05, 4.69) is 26.2 Å². The lowest BCUT2D eigenvalue weighted by atomic mass is 10.1. The van der Waals surface area contributed by atoms with Gasteiger partial charge in [-0.1, -0.05) is 6.07 Å². The molecule has 0 bridgehead atoms. The second-order valence-electron chi connectivity index (χ2n) is 4.31. The van der Waals surface area contributed by atoms with E-state index in [9.17, 15) is 9.90 Å². The minimum Gasteiger partial charge on any atom is -0.507 e. The van der Waals surface area contributed by atoms with E-state index in [1.54, 1.807) is 30.5 Å². The fraction of sp³-hybridized carbons (Fsp3) is 0.143. The molecule has 0 aliphatic carbocycles. The first-order valence-corrected chi connectivity index (χ1v) is 6.50. The maximum atomic E-state index is 12.0. The van der Waals surface area contributed by atoms with Crippen molar-refractivity contribution in [3.05, 3.63) is 51.8 Å². The topological polar surface area (TPSA) is 62.2 Å². The molecule has 0 radical (unpaired) electrons. The Labute approximate surface area is 119 Å². The highest BCUT2D eigenvalue weighted by molar-refractivity contribution is 9.10. The molecule has 0 fully saturated rings. The van der Waals surface area contributed by atoms with Gasteiger partial charge in [-0.25, -0.2) is 4.98 Å². The van der Waals surface area contributed by atoms with Crippen molar-refractivity contribution in [3.63, 3.8) is 0 Å². The predicted molar refractivity (Wildman–Crippen MR) is 77.5 cm³/mol. The van der Waals surface area contributed by atoms with Crippen molar-refractivity contribution >= 4 is 27.5 Å². The molecule has 19 heavy (non-hydrogen) atoms. The summed E-state index contributed by atoms with van der Waals surface area (Å²) in [5.41, 5.74) is 2.65. The average molecular weight is 321 g/mol. The van der Waals surface area contributed by atoms with Crippen LogP contribution in [0.5, 0.6) is 5.75 Å². The van der Waals surface area contributed by atoms with Crippen molar-refractivity contribution < 1.29 is 9.90 Å². The molecule has 2 rings (SSSR count). The lowest BCUT2D eigenvalue weighted by Gasteiger charge is -2.08. The summed E-state index contributed by atoms with van der Waals surface area (Å²) in [6.45, 7) is 3.74. The average Bonchev–Trinajstić information content (AvgIpc) is 2.33. The van der Waals surface area contributed by atoms with E-state index in [4.69, 9.17) is 0 Å². The smallest absolute Gasteiger partial charge is 0.259 e. The van der Waals surface area contributed by atoms with Crippen molar-refractivity contribution in [3.8, 4) is 5.75 Å². The first-order valence-electron chi connectivity index (χ1n) is 5.70. The first kappa shape index (κ1) is 13.5. The molecule has 1 amide bonds. The molecule has 1 heterocycles. The third-order valence-electron chi connectivity index (χ3n) is 2.67. The van der Waals surface area contributed by atoms with Crippen LogP contribution in [0.2, 0.25) is 0 Å². The van der Waals surface area contributed by atoms with Crippen LogP contribution in [-0.2, 0) is 0 Å². The highest BCUT2D eigenvalue weighted by atomic mass is 79.9. The largest absolute Gasteiger partial charge is 0.507 e. The molecule has 5 heteroatoms. The normalized spacial score (nSPS) is 10.3. The molecule has 0 saturated heterocycles. The minimum atomic E-state index is -0.360. The number of halogens is 1. The summed E-state index contributed by atoms with van der Waals surface area (Å²) in [5.74, 6) is -0.389. The number of hydrogen-bond donors (Lipinski definition) is 2. The van der Waals surface area contributed by atoms with Crippen LogP contribution >= 0.6 is 15.9 Å². The molecule has 0 aliphatic heterocycles. The van der Waals surface area contributed by atoms with Crippen molar-refractivity contribution in [2.75, 3.05) is 5.32 Å². The lowest BCUT2D eigenvalue weighted by Crippen LogP contribution is -2.12. The molecular weight excluding hydrogens is 308 g/mol. The van der Waals surface area contributed by atoms with E-state index in [1.807, 2.05) is 13.8 Å². The number of phenols is 1. The highest BCUT2D eigenvalue weighted by Gasteiger charge is 2.11. The summed E-state index contributed by atoms with van der Waals surface area (Å²) in [7, 11) is 0. The van der Waals surface area contributed by atoms with Gasteiger partial charge in [-0.2, -0.15) is 0 Å². The van der Waals surface area contributed by atoms with E-state index in [1.165, 1.54) is 0 Å². The van der Waals surface area contributed by atoms with Gasteiger partial charge in [0.05, 0.1) is 17.4 Å². The molecule has 0 saturated carbocycles. The Morgan fingerprint density at radius 3 is 2.68 bits per heavy atom. The van der Waals surface area contributed by atoms with E-state index in [0.29, 0.717) is 5.69 Å². The Hall–Kier alpha value is -1.88. The quantitative estimate of drug-likeness (QED) is 0.833. The van der Waals surface area contributed by atoms with Gasteiger partial charge in [0.2, 0.25) is 0 Å². The summed E-state index contributed by atoms with van der Waals surface area (Å²) >= 11 is 3.30. The maximum absolute atomic E-state index is 12.0. The summed E-state index contributed by atoms with van der Waals surface area (Å²) in [5, 5.41) is 12.5. The zero-order valence-electron chi connectivity index (χ0n) is 10.6. The molecule has 0 aliphatic rings. The number of pyridine rings is 1. The molecule has 4 nitrogen and oxygen atoms in total. The summed E-state index contributed by atoms with van der Waals surface area (Å²) < 4.78 is 0.740. The van der Waals surface area contributed by atoms with Gasteiger partial charge in [0.25, 0.3) is 5.91 Å². The van der Waals surface area contributed by atoms with E-state index in [-0.39, 0.29) is 17.2 Å². The number of amides is 1. The van der Waals surface area contributed by atoms with Crippen LogP contribution in [-0.4, -0.2) is 16.0 Å². The number of nitrogens with zero attached hydrogens (tertiary/aromatic N) is 1. The zero-order chi connectivity index (χ0) is 14.0. The summed E-state index contributed by atoms with van der Waals surface area (Å²) in [6.07, 6.45) is 1.56. The number of aryl methyl sites for hydroxylation is 2. The monoisotopic (exact) mass is 320 g/mol. The second kappa shape index (κ2) is 5.40. The van der Waals surface area contributed by atoms with Crippen molar-refractivity contribution in [2.45, 2.75) is 13.8 Å². The zero-order valence-corrected chi connectivity index (χ0v) is 12.2. The fourth-order valence-electron chi connectivity index (χ4n) is 1.66. The number of phenolic OH excluding ortho intramolecular Hbond substituents is 1. The van der Waals surface area contributed by atoms with E-state index in [0.717, 1.165) is 15.7 Å². The third kappa shape index (κ3) is 3.12. The fourth-order valence-corrected chi connectivity index (χ4v) is 1.88. The van der Waals surface area contributed by atoms with Crippen LogP contribution in [0.15, 0.2) is 35.1 Å². The minimum absolute atomic E-state index is 0.0284. The van der Waals surface area contributed by atoms with Gasteiger partial charge in [0, 0.05) is 0 Å². The van der Waals surface area contributed by atoms with Gasteiger partial charge in [-0.3, -0.25) is 4.79 Å². The molecule has 2 aromatic rings. The molecule has 0 atom stereocenters. The number of rotatable bonds is 2. The van der Waals surface area contributed by atoms with Gasteiger partial charge in [-0.15, -0.1) is 0 Å². The van der Waals surface area contributed by atoms with Crippen molar-refractivity contribution in [2.24, 2.45) is 0 Å². The van der Waals surface area contributed by atoms with Gasteiger partial charge in [0.15, 0.2) is 0 Å². The molecule has 1 aromatic heterocycles. The van der Waals surface area contributed by atoms with Gasteiger partial charge in [-0.05, 0) is 59.1 Å². The maximum Gasteiger partial charge on any atom is 0.259 e. The number of aromatic hydroxyl groups is 1. The van der Waals surface area contributed by atoms with Gasteiger partial charge < -0.3 is 10.4 Å².